The number of hydrogen-bond acceptors (Lipinski definition) is 4. The van der Waals surface area contributed by atoms with Gasteiger partial charge >= 0.3 is 6.18 Å². The maximum atomic E-state index is 12.9. The highest BCUT2D eigenvalue weighted by atomic mass is 32.2. The third-order valence-electron chi connectivity index (χ3n) is 4.78. The number of aromatic nitrogens is 2. The molecule has 0 aliphatic carbocycles. The van der Waals surface area contributed by atoms with Gasteiger partial charge in [-0.1, -0.05) is 30.0 Å². The fourth-order valence-electron chi connectivity index (χ4n) is 3.34. The van der Waals surface area contributed by atoms with Gasteiger partial charge in [0.25, 0.3) is 5.56 Å². The molecule has 0 bridgehead atoms. The molecule has 1 aromatic heterocycles. The summed E-state index contributed by atoms with van der Waals surface area (Å²) in [6.45, 7) is 2.73. The molecule has 8 heteroatoms. The minimum atomic E-state index is -4.29. The molecule has 0 saturated carbocycles. The highest BCUT2D eigenvalue weighted by molar-refractivity contribution is 7.99. The molecule has 1 aliphatic rings. The molecule has 0 amide bonds. The zero-order valence-electron chi connectivity index (χ0n) is 14.8. The van der Waals surface area contributed by atoms with Gasteiger partial charge in [0.2, 0.25) is 0 Å². The lowest BCUT2D eigenvalue weighted by molar-refractivity contribution is -0.137. The molecule has 146 valence electrons. The predicted molar refractivity (Wildman–Crippen MR) is 100 cm³/mol. The maximum absolute atomic E-state index is 12.9. The molecule has 2 aromatic rings. The number of aromatic amines is 1. The van der Waals surface area contributed by atoms with Crippen molar-refractivity contribution < 1.29 is 13.2 Å². The van der Waals surface area contributed by atoms with Crippen LogP contribution in [-0.2, 0) is 6.18 Å². The van der Waals surface area contributed by atoms with Crippen LogP contribution in [0, 0.1) is 0 Å². The number of benzene rings is 1. The number of piperidine rings is 1. The third kappa shape index (κ3) is 5.84. The van der Waals surface area contributed by atoms with Gasteiger partial charge in [0, 0.05) is 18.0 Å². The largest absolute Gasteiger partial charge is 0.416 e. The van der Waals surface area contributed by atoms with Crippen LogP contribution in [0.2, 0.25) is 0 Å². The van der Waals surface area contributed by atoms with E-state index in [0.29, 0.717) is 5.16 Å². The number of nitrogens with one attached hydrogen (secondary N) is 1. The van der Waals surface area contributed by atoms with Gasteiger partial charge in [-0.2, -0.15) is 13.2 Å². The summed E-state index contributed by atoms with van der Waals surface area (Å²) in [5.74, 6) is 1.05. The maximum Gasteiger partial charge on any atom is 0.416 e. The number of likely N-dealkylation sites (tertiary alicyclic amines) is 1. The minimum Gasteiger partial charge on any atom is -0.303 e. The van der Waals surface area contributed by atoms with Crippen molar-refractivity contribution in [3.63, 3.8) is 0 Å². The quantitative estimate of drug-likeness (QED) is 0.452. The van der Waals surface area contributed by atoms with Crippen molar-refractivity contribution in [3.05, 3.63) is 58.0 Å². The van der Waals surface area contributed by atoms with Crippen LogP contribution >= 0.6 is 11.8 Å². The van der Waals surface area contributed by atoms with Gasteiger partial charge in [0.1, 0.15) is 0 Å². The standard InChI is InChI=1S/C19H22F3N3OS/c20-19(21,22)16-4-1-3-15(13-16)14-6-10-25(11-7-14)9-2-12-27-18-23-8-5-17(26)24-18/h1,3-5,8,13-14H,2,6-7,9-12H2,(H,23,24,26). The topological polar surface area (TPSA) is 49.0 Å². The lowest BCUT2D eigenvalue weighted by Crippen LogP contribution is -2.34. The molecule has 0 spiro atoms. The second-order valence-corrected chi connectivity index (χ2v) is 7.76. The lowest BCUT2D eigenvalue weighted by atomic mass is 9.88. The van der Waals surface area contributed by atoms with Gasteiger partial charge in [0.05, 0.1) is 5.56 Å². The minimum absolute atomic E-state index is 0.149. The van der Waals surface area contributed by atoms with Crippen molar-refractivity contribution in [2.24, 2.45) is 0 Å². The summed E-state index contributed by atoms with van der Waals surface area (Å²) in [5, 5.41) is 0.630. The smallest absolute Gasteiger partial charge is 0.303 e. The molecule has 27 heavy (non-hydrogen) atoms. The SMILES string of the molecule is O=c1ccnc(SCCCN2CCC(c3cccc(C(F)(F)F)c3)CC2)[nH]1. The monoisotopic (exact) mass is 397 g/mol. The fraction of sp³-hybridized carbons (Fsp3) is 0.474. The van der Waals surface area contributed by atoms with E-state index in [-0.39, 0.29) is 11.5 Å². The molecule has 1 aromatic carbocycles. The van der Waals surface area contributed by atoms with Gasteiger partial charge in [-0.25, -0.2) is 4.98 Å². The number of rotatable bonds is 6. The van der Waals surface area contributed by atoms with Crippen molar-refractivity contribution in [3.8, 4) is 0 Å². The molecular weight excluding hydrogens is 375 g/mol. The molecule has 0 atom stereocenters. The number of H-pyrrole nitrogens is 1. The summed E-state index contributed by atoms with van der Waals surface area (Å²) < 4.78 is 38.6. The fourth-order valence-corrected chi connectivity index (χ4v) is 4.12. The first-order valence-corrected chi connectivity index (χ1v) is 9.98. The Kier molecular flexibility index (Phi) is 6.59. The number of nitrogens with zero attached hydrogens (tertiary/aromatic N) is 2. The van der Waals surface area contributed by atoms with E-state index in [2.05, 4.69) is 14.9 Å². The van der Waals surface area contributed by atoms with Crippen molar-refractivity contribution in [2.45, 2.75) is 36.5 Å². The number of hydrogen-bond donors (Lipinski definition) is 1. The zero-order valence-corrected chi connectivity index (χ0v) is 15.7. The lowest BCUT2D eigenvalue weighted by Gasteiger charge is -2.32. The number of alkyl halides is 3. The molecule has 1 N–H and O–H groups in total. The highest BCUT2D eigenvalue weighted by Crippen LogP contribution is 2.34. The van der Waals surface area contributed by atoms with Crippen molar-refractivity contribution in [2.75, 3.05) is 25.4 Å². The Morgan fingerprint density at radius 2 is 2.00 bits per heavy atom. The van der Waals surface area contributed by atoms with Crippen LogP contribution in [0.1, 0.15) is 36.3 Å². The molecule has 2 heterocycles. The first kappa shape index (κ1) is 19.9. The summed E-state index contributed by atoms with van der Waals surface area (Å²) in [5.41, 5.74) is 0.0790. The van der Waals surface area contributed by atoms with Crippen LogP contribution in [0.15, 0.2) is 46.5 Å². The molecule has 0 unspecified atom stereocenters. The van der Waals surface area contributed by atoms with E-state index in [0.717, 1.165) is 56.3 Å². The van der Waals surface area contributed by atoms with Crippen molar-refractivity contribution in [1.82, 2.24) is 14.9 Å². The molecule has 1 saturated heterocycles. The Bertz CT molecular complexity index is 801. The van der Waals surface area contributed by atoms with Gasteiger partial charge in [-0.3, -0.25) is 4.79 Å². The Morgan fingerprint density at radius 3 is 2.70 bits per heavy atom. The van der Waals surface area contributed by atoms with Crippen molar-refractivity contribution >= 4 is 11.8 Å². The zero-order chi connectivity index (χ0) is 19.3. The first-order valence-electron chi connectivity index (χ1n) is 8.99. The van der Waals surface area contributed by atoms with E-state index in [9.17, 15) is 18.0 Å². The molecule has 0 radical (unpaired) electrons. The van der Waals surface area contributed by atoms with E-state index < -0.39 is 11.7 Å². The Labute approximate surface area is 160 Å². The molecule has 3 rings (SSSR count). The third-order valence-corrected chi connectivity index (χ3v) is 5.75. The summed E-state index contributed by atoms with van der Waals surface area (Å²) >= 11 is 1.52. The number of thioether (sulfide) groups is 1. The van der Waals surface area contributed by atoms with Crippen LogP contribution in [-0.4, -0.2) is 40.3 Å². The Morgan fingerprint density at radius 1 is 1.22 bits per heavy atom. The summed E-state index contributed by atoms with van der Waals surface area (Å²) in [7, 11) is 0. The van der Waals surface area contributed by atoms with Crippen LogP contribution < -0.4 is 5.56 Å². The van der Waals surface area contributed by atoms with Crippen LogP contribution in [0.25, 0.3) is 0 Å². The highest BCUT2D eigenvalue weighted by Gasteiger charge is 2.31. The van der Waals surface area contributed by atoms with Gasteiger partial charge in [0.15, 0.2) is 5.16 Å². The van der Waals surface area contributed by atoms with Gasteiger partial charge < -0.3 is 9.88 Å². The van der Waals surface area contributed by atoms with E-state index >= 15 is 0 Å². The van der Waals surface area contributed by atoms with E-state index in [4.69, 9.17) is 0 Å². The summed E-state index contributed by atoms with van der Waals surface area (Å²) in [6.07, 6.45) is -0.0620. The van der Waals surface area contributed by atoms with E-state index in [1.165, 1.54) is 36.2 Å². The van der Waals surface area contributed by atoms with Gasteiger partial charge in [-0.05, 0) is 56.4 Å². The van der Waals surface area contributed by atoms with E-state index in [1.807, 2.05) is 0 Å². The second kappa shape index (κ2) is 8.93. The van der Waals surface area contributed by atoms with Crippen LogP contribution in [0.4, 0.5) is 13.2 Å². The van der Waals surface area contributed by atoms with Crippen LogP contribution in [0.3, 0.4) is 0 Å². The van der Waals surface area contributed by atoms with Crippen molar-refractivity contribution in [1.29, 1.82) is 0 Å². The first-order chi connectivity index (χ1) is 12.9. The molecule has 1 fully saturated rings. The molecule has 1 aliphatic heterocycles. The molecule has 4 nitrogen and oxygen atoms in total. The summed E-state index contributed by atoms with van der Waals surface area (Å²) in [4.78, 5) is 20.4. The summed E-state index contributed by atoms with van der Waals surface area (Å²) in [6, 6.07) is 7.12. The van der Waals surface area contributed by atoms with Crippen LogP contribution in [0.5, 0.6) is 0 Å². The predicted octanol–water partition coefficient (Wildman–Crippen LogP) is 4.15. The Balaban J connectivity index is 1.42. The van der Waals surface area contributed by atoms with E-state index in [1.54, 1.807) is 6.07 Å². The van der Waals surface area contributed by atoms with Gasteiger partial charge in [-0.15, -0.1) is 0 Å². The number of halogens is 3. The average molecular weight is 397 g/mol. The normalized spacial score (nSPS) is 16.6. The Hall–Kier alpha value is -1.80. The average Bonchev–Trinajstić information content (AvgIpc) is 2.65. The second-order valence-electron chi connectivity index (χ2n) is 6.68. The molecular formula is C19H22F3N3OS.